The zero-order chi connectivity index (χ0) is 24.0. The Morgan fingerprint density at radius 3 is 2.61 bits per heavy atom. The SMILES string of the molecule is CCOC(=O)C1=C(C)OC(N)=C(C#N)C1c1ccccc1OCC(=O)Nc1ccccc1Cl. The van der Waals surface area contributed by atoms with Crippen LogP contribution in [-0.2, 0) is 19.1 Å². The Morgan fingerprint density at radius 2 is 1.91 bits per heavy atom. The van der Waals surface area contributed by atoms with E-state index in [1.807, 2.05) is 6.07 Å². The third-order valence-electron chi connectivity index (χ3n) is 4.84. The number of nitriles is 1. The number of nitrogens with one attached hydrogen (secondary N) is 1. The summed E-state index contributed by atoms with van der Waals surface area (Å²) in [5.74, 6) is -1.54. The molecule has 0 saturated heterocycles. The molecule has 0 radical (unpaired) electrons. The van der Waals surface area contributed by atoms with Crippen LogP contribution in [0.5, 0.6) is 5.75 Å². The van der Waals surface area contributed by atoms with Gasteiger partial charge in [-0.1, -0.05) is 41.9 Å². The summed E-state index contributed by atoms with van der Waals surface area (Å²) >= 11 is 6.08. The van der Waals surface area contributed by atoms with Crippen molar-refractivity contribution in [1.29, 1.82) is 5.26 Å². The van der Waals surface area contributed by atoms with Gasteiger partial charge in [-0.3, -0.25) is 4.79 Å². The van der Waals surface area contributed by atoms with E-state index in [0.29, 0.717) is 22.0 Å². The number of allylic oxidation sites excluding steroid dienone is 2. The van der Waals surface area contributed by atoms with E-state index in [9.17, 15) is 14.9 Å². The molecule has 2 aromatic carbocycles. The third-order valence-corrected chi connectivity index (χ3v) is 5.17. The Hall–Kier alpha value is -3.96. The lowest BCUT2D eigenvalue weighted by molar-refractivity contribution is -0.139. The first-order valence-electron chi connectivity index (χ1n) is 10.1. The molecule has 1 atom stereocenters. The lowest BCUT2D eigenvalue weighted by Crippen LogP contribution is -2.26. The highest BCUT2D eigenvalue weighted by Crippen LogP contribution is 2.42. The third kappa shape index (κ3) is 5.27. The van der Waals surface area contributed by atoms with E-state index in [2.05, 4.69) is 5.32 Å². The molecule has 1 amide bonds. The van der Waals surface area contributed by atoms with Crippen LogP contribution in [0.4, 0.5) is 5.69 Å². The number of carbonyl (C=O) groups excluding carboxylic acids is 2. The first-order valence-corrected chi connectivity index (χ1v) is 10.5. The second-order valence-corrected chi connectivity index (χ2v) is 7.38. The van der Waals surface area contributed by atoms with Gasteiger partial charge in [0.15, 0.2) is 6.61 Å². The van der Waals surface area contributed by atoms with E-state index in [-0.39, 0.29) is 36.0 Å². The molecule has 0 saturated carbocycles. The highest BCUT2D eigenvalue weighted by molar-refractivity contribution is 6.33. The van der Waals surface area contributed by atoms with Crippen molar-refractivity contribution in [2.45, 2.75) is 19.8 Å². The smallest absolute Gasteiger partial charge is 0.338 e. The van der Waals surface area contributed by atoms with Gasteiger partial charge in [-0.15, -0.1) is 0 Å². The zero-order valence-electron chi connectivity index (χ0n) is 18.1. The summed E-state index contributed by atoms with van der Waals surface area (Å²) in [6.07, 6.45) is 0. The first-order chi connectivity index (χ1) is 15.9. The minimum absolute atomic E-state index is 0.0419. The Bertz CT molecular complexity index is 1180. The van der Waals surface area contributed by atoms with Gasteiger partial charge in [0.05, 0.1) is 28.8 Å². The van der Waals surface area contributed by atoms with Crippen molar-refractivity contribution < 1.29 is 23.8 Å². The Kier molecular flexibility index (Phi) is 7.59. The average Bonchev–Trinajstić information content (AvgIpc) is 2.79. The predicted molar refractivity (Wildman–Crippen MR) is 122 cm³/mol. The summed E-state index contributed by atoms with van der Waals surface area (Å²) in [5.41, 5.74) is 7.05. The summed E-state index contributed by atoms with van der Waals surface area (Å²) in [6.45, 7) is 3.06. The Balaban J connectivity index is 1.91. The van der Waals surface area contributed by atoms with Crippen molar-refractivity contribution in [2.75, 3.05) is 18.5 Å². The number of anilines is 1. The van der Waals surface area contributed by atoms with E-state index in [1.165, 1.54) is 0 Å². The van der Waals surface area contributed by atoms with Crippen molar-refractivity contribution in [3.63, 3.8) is 0 Å². The van der Waals surface area contributed by atoms with Crippen LogP contribution in [-0.4, -0.2) is 25.1 Å². The highest BCUT2D eigenvalue weighted by Gasteiger charge is 2.37. The molecule has 1 aliphatic heterocycles. The number of esters is 1. The fourth-order valence-electron chi connectivity index (χ4n) is 3.41. The van der Waals surface area contributed by atoms with Gasteiger partial charge in [0, 0.05) is 5.56 Å². The van der Waals surface area contributed by atoms with Gasteiger partial charge in [-0.25, -0.2) is 4.79 Å². The van der Waals surface area contributed by atoms with E-state index in [4.69, 9.17) is 31.5 Å². The van der Waals surface area contributed by atoms with Gasteiger partial charge in [0.1, 0.15) is 23.2 Å². The molecule has 3 rings (SSSR count). The number of para-hydroxylation sites is 2. The molecule has 0 fully saturated rings. The van der Waals surface area contributed by atoms with Crippen molar-refractivity contribution in [3.8, 4) is 11.8 Å². The fourth-order valence-corrected chi connectivity index (χ4v) is 3.59. The minimum Gasteiger partial charge on any atom is -0.483 e. The molecule has 8 nitrogen and oxygen atoms in total. The maximum Gasteiger partial charge on any atom is 0.338 e. The Morgan fingerprint density at radius 1 is 1.21 bits per heavy atom. The molecule has 0 aromatic heterocycles. The quantitative estimate of drug-likeness (QED) is 0.589. The topological polar surface area (TPSA) is 124 Å². The van der Waals surface area contributed by atoms with E-state index in [0.717, 1.165) is 0 Å². The summed E-state index contributed by atoms with van der Waals surface area (Å²) in [5, 5.41) is 12.8. The molecule has 170 valence electrons. The number of nitrogens with zero attached hydrogens (tertiary/aromatic N) is 1. The number of benzene rings is 2. The van der Waals surface area contributed by atoms with Crippen LogP contribution in [0.3, 0.4) is 0 Å². The molecular weight excluding hydrogens is 446 g/mol. The largest absolute Gasteiger partial charge is 0.483 e. The average molecular weight is 468 g/mol. The van der Waals surface area contributed by atoms with Crippen LogP contribution in [0.1, 0.15) is 25.3 Å². The van der Waals surface area contributed by atoms with Crippen molar-refractivity contribution in [1.82, 2.24) is 0 Å². The van der Waals surface area contributed by atoms with Crippen LogP contribution in [0.2, 0.25) is 5.02 Å². The van der Waals surface area contributed by atoms with E-state index < -0.39 is 17.8 Å². The van der Waals surface area contributed by atoms with E-state index in [1.54, 1.807) is 62.4 Å². The highest BCUT2D eigenvalue weighted by atomic mass is 35.5. The maximum absolute atomic E-state index is 12.7. The molecule has 9 heteroatoms. The first kappa shape index (κ1) is 23.7. The van der Waals surface area contributed by atoms with Crippen molar-refractivity contribution in [2.24, 2.45) is 5.73 Å². The number of ether oxygens (including phenoxy) is 3. The number of halogens is 1. The van der Waals surface area contributed by atoms with Crippen molar-refractivity contribution >= 4 is 29.2 Å². The zero-order valence-corrected chi connectivity index (χ0v) is 18.8. The van der Waals surface area contributed by atoms with Gasteiger partial charge in [0.25, 0.3) is 5.91 Å². The maximum atomic E-state index is 12.7. The molecule has 0 bridgehead atoms. The van der Waals surface area contributed by atoms with Gasteiger partial charge in [-0.05, 0) is 32.0 Å². The molecule has 33 heavy (non-hydrogen) atoms. The number of rotatable bonds is 7. The molecule has 3 N–H and O–H groups in total. The van der Waals surface area contributed by atoms with E-state index >= 15 is 0 Å². The second kappa shape index (κ2) is 10.6. The van der Waals surface area contributed by atoms with Crippen molar-refractivity contribution in [3.05, 3.63) is 81.9 Å². The van der Waals surface area contributed by atoms with Gasteiger partial charge < -0.3 is 25.3 Å². The molecule has 1 aliphatic rings. The Labute approximate surface area is 196 Å². The summed E-state index contributed by atoms with van der Waals surface area (Å²) < 4.78 is 16.4. The van der Waals surface area contributed by atoms with Crippen LogP contribution in [0, 0.1) is 11.3 Å². The van der Waals surface area contributed by atoms with Crippen LogP contribution >= 0.6 is 11.6 Å². The number of carbonyl (C=O) groups is 2. The van der Waals surface area contributed by atoms with Gasteiger partial charge in [-0.2, -0.15) is 5.26 Å². The minimum atomic E-state index is -0.884. The monoisotopic (exact) mass is 467 g/mol. The number of amides is 1. The van der Waals surface area contributed by atoms with Gasteiger partial charge in [0.2, 0.25) is 5.88 Å². The molecule has 1 heterocycles. The molecular formula is C24H22ClN3O5. The fraction of sp³-hybridized carbons (Fsp3) is 0.208. The molecule has 2 aromatic rings. The lowest BCUT2D eigenvalue weighted by Gasteiger charge is -2.28. The number of hydrogen-bond acceptors (Lipinski definition) is 7. The normalized spacial score (nSPS) is 15.4. The number of hydrogen-bond donors (Lipinski definition) is 2. The summed E-state index contributed by atoms with van der Waals surface area (Å²) in [6, 6.07) is 15.6. The van der Waals surface area contributed by atoms with Gasteiger partial charge >= 0.3 is 5.97 Å². The standard InChI is InChI=1S/C24H22ClN3O5/c1-3-31-24(30)21-14(2)33-23(27)16(12-26)22(21)15-8-4-7-11-19(15)32-13-20(29)28-18-10-6-5-9-17(18)25/h4-11,22H,3,13,27H2,1-2H3,(H,28,29). The molecule has 1 unspecified atom stereocenters. The molecule has 0 spiro atoms. The second-order valence-electron chi connectivity index (χ2n) is 6.97. The predicted octanol–water partition coefficient (Wildman–Crippen LogP) is 4.00. The summed E-state index contributed by atoms with van der Waals surface area (Å²) in [7, 11) is 0. The summed E-state index contributed by atoms with van der Waals surface area (Å²) in [4.78, 5) is 25.2. The lowest BCUT2D eigenvalue weighted by atomic mass is 9.82. The number of nitrogens with two attached hydrogens (primary N) is 1. The van der Waals surface area contributed by atoms with Crippen LogP contribution < -0.4 is 15.8 Å². The van der Waals surface area contributed by atoms with Crippen LogP contribution in [0.25, 0.3) is 0 Å². The van der Waals surface area contributed by atoms with Crippen LogP contribution in [0.15, 0.2) is 71.3 Å². The molecule has 0 aliphatic carbocycles.